The number of hydrogen-bond acceptors (Lipinski definition) is 1. The van der Waals surface area contributed by atoms with Crippen molar-refractivity contribution in [1.29, 1.82) is 0 Å². The zero-order valence-electron chi connectivity index (χ0n) is 6.47. The number of primary amides is 1. The van der Waals surface area contributed by atoms with Crippen LogP contribution in [0.3, 0.4) is 0 Å². The van der Waals surface area contributed by atoms with Crippen molar-refractivity contribution in [2.24, 2.45) is 5.73 Å². The molecule has 0 unspecified atom stereocenters. The van der Waals surface area contributed by atoms with Gasteiger partial charge in [0.1, 0.15) is 0 Å². The molecule has 1 aliphatic carbocycles. The average molecular weight is 141 g/mol. The summed E-state index contributed by atoms with van der Waals surface area (Å²) >= 11 is 0. The second-order valence-corrected chi connectivity index (χ2v) is 2.37. The lowest BCUT2D eigenvalue weighted by atomic mass is 10.1. The van der Waals surface area contributed by atoms with Crippen LogP contribution in [-0.4, -0.2) is 5.91 Å². The van der Waals surface area contributed by atoms with Gasteiger partial charge in [0, 0.05) is 6.92 Å². The van der Waals surface area contributed by atoms with Gasteiger partial charge < -0.3 is 5.73 Å². The molecular formula is C8H15NO. The largest absolute Gasteiger partial charge is 0.370 e. The predicted molar refractivity (Wildman–Crippen MR) is 42.5 cm³/mol. The third-order valence-electron chi connectivity index (χ3n) is 1.16. The Labute approximate surface area is 62.1 Å². The van der Waals surface area contributed by atoms with Crippen LogP contribution in [0.5, 0.6) is 0 Å². The van der Waals surface area contributed by atoms with Crippen LogP contribution in [-0.2, 0) is 4.79 Å². The number of nitrogens with two attached hydrogens (primary N) is 1. The van der Waals surface area contributed by atoms with Gasteiger partial charge in [-0.3, -0.25) is 4.79 Å². The Hall–Kier alpha value is -0.790. The van der Waals surface area contributed by atoms with Crippen LogP contribution in [0.1, 0.15) is 32.6 Å². The van der Waals surface area contributed by atoms with Crippen LogP contribution in [0.4, 0.5) is 0 Å². The van der Waals surface area contributed by atoms with E-state index in [9.17, 15) is 4.79 Å². The van der Waals surface area contributed by atoms with Crippen molar-refractivity contribution in [3.05, 3.63) is 12.2 Å². The van der Waals surface area contributed by atoms with Crippen molar-refractivity contribution in [2.75, 3.05) is 0 Å². The van der Waals surface area contributed by atoms with E-state index in [0.29, 0.717) is 0 Å². The molecule has 0 radical (unpaired) electrons. The Bertz CT molecular complexity index is 106. The molecule has 1 rings (SSSR count). The van der Waals surface area contributed by atoms with Crippen molar-refractivity contribution < 1.29 is 4.79 Å². The summed E-state index contributed by atoms with van der Waals surface area (Å²) in [4.78, 5) is 9.22. The highest BCUT2D eigenvalue weighted by atomic mass is 16.1. The second-order valence-electron chi connectivity index (χ2n) is 2.37. The van der Waals surface area contributed by atoms with E-state index in [2.05, 4.69) is 17.9 Å². The number of rotatable bonds is 0. The van der Waals surface area contributed by atoms with Crippen molar-refractivity contribution in [3.63, 3.8) is 0 Å². The SMILES string of the molecule is C1=CCCCC1.CC(N)=O. The third kappa shape index (κ3) is 10.2. The van der Waals surface area contributed by atoms with Crippen LogP contribution < -0.4 is 5.73 Å². The number of amides is 1. The first-order valence-electron chi connectivity index (χ1n) is 3.64. The van der Waals surface area contributed by atoms with Crippen molar-refractivity contribution in [2.45, 2.75) is 32.6 Å². The van der Waals surface area contributed by atoms with Gasteiger partial charge in [-0.15, -0.1) is 0 Å². The van der Waals surface area contributed by atoms with Gasteiger partial charge in [-0.05, 0) is 25.7 Å². The van der Waals surface area contributed by atoms with Crippen LogP contribution in [0.15, 0.2) is 12.2 Å². The standard InChI is InChI=1S/C6H10.C2H5NO/c1-2-4-6-5-3-1;1-2(3)4/h1-2H,3-6H2;1H3,(H2,3,4). The summed E-state index contributed by atoms with van der Waals surface area (Å²) in [7, 11) is 0. The number of carbonyl (C=O) groups excluding carboxylic acids is 1. The fraction of sp³-hybridized carbons (Fsp3) is 0.625. The monoisotopic (exact) mass is 141 g/mol. The predicted octanol–water partition coefficient (Wildman–Crippen LogP) is 1.61. The quantitative estimate of drug-likeness (QED) is 0.512. The molecule has 1 aliphatic rings. The molecule has 0 aliphatic heterocycles. The topological polar surface area (TPSA) is 43.1 Å². The summed E-state index contributed by atoms with van der Waals surface area (Å²) in [5, 5.41) is 0. The third-order valence-corrected chi connectivity index (χ3v) is 1.16. The number of carbonyl (C=O) groups is 1. The van der Waals surface area contributed by atoms with Gasteiger partial charge in [0.05, 0.1) is 0 Å². The van der Waals surface area contributed by atoms with E-state index in [4.69, 9.17) is 0 Å². The Morgan fingerprint density at radius 2 is 1.60 bits per heavy atom. The maximum atomic E-state index is 9.22. The lowest BCUT2D eigenvalue weighted by Crippen LogP contribution is -2.01. The first-order valence-corrected chi connectivity index (χ1v) is 3.64. The van der Waals surface area contributed by atoms with Gasteiger partial charge >= 0.3 is 0 Å². The highest BCUT2D eigenvalue weighted by Gasteiger charge is 1.87. The molecule has 1 amide bonds. The fourth-order valence-electron chi connectivity index (χ4n) is 0.760. The van der Waals surface area contributed by atoms with Crippen LogP contribution >= 0.6 is 0 Å². The van der Waals surface area contributed by atoms with Gasteiger partial charge in [0.25, 0.3) is 0 Å². The van der Waals surface area contributed by atoms with E-state index in [1.54, 1.807) is 0 Å². The Kier molecular flexibility index (Phi) is 5.83. The highest BCUT2D eigenvalue weighted by molar-refractivity contribution is 5.70. The molecule has 2 N–H and O–H groups in total. The highest BCUT2D eigenvalue weighted by Crippen LogP contribution is 2.07. The van der Waals surface area contributed by atoms with Gasteiger partial charge in [0.2, 0.25) is 5.91 Å². The van der Waals surface area contributed by atoms with Crippen LogP contribution in [0, 0.1) is 0 Å². The molecule has 0 fully saturated rings. The Morgan fingerprint density at radius 3 is 1.70 bits per heavy atom. The maximum absolute atomic E-state index is 9.22. The van der Waals surface area contributed by atoms with E-state index in [0.717, 1.165) is 0 Å². The van der Waals surface area contributed by atoms with E-state index in [-0.39, 0.29) is 5.91 Å². The van der Waals surface area contributed by atoms with E-state index >= 15 is 0 Å². The van der Waals surface area contributed by atoms with E-state index < -0.39 is 0 Å². The summed E-state index contributed by atoms with van der Waals surface area (Å²) in [6.45, 7) is 1.31. The Balaban J connectivity index is 0.000000180. The first kappa shape index (κ1) is 9.21. The zero-order valence-corrected chi connectivity index (χ0v) is 6.47. The Morgan fingerprint density at radius 1 is 1.30 bits per heavy atom. The van der Waals surface area contributed by atoms with E-state index in [1.165, 1.54) is 32.6 Å². The molecule has 0 heterocycles. The summed E-state index contributed by atoms with van der Waals surface area (Å²) < 4.78 is 0. The smallest absolute Gasteiger partial charge is 0.214 e. The van der Waals surface area contributed by atoms with Crippen molar-refractivity contribution >= 4 is 5.91 Å². The summed E-state index contributed by atoms with van der Waals surface area (Å²) in [6, 6.07) is 0. The van der Waals surface area contributed by atoms with E-state index in [1.807, 2.05) is 0 Å². The van der Waals surface area contributed by atoms with Crippen LogP contribution in [0.2, 0.25) is 0 Å². The van der Waals surface area contributed by atoms with Crippen molar-refractivity contribution in [1.82, 2.24) is 0 Å². The second kappa shape index (κ2) is 6.33. The normalized spacial score (nSPS) is 15.3. The zero-order chi connectivity index (χ0) is 7.82. The summed E-state index contributed by atoms with van der Waals surface area (Å²) in [5.74, 6) is -0.333. The minimum atomic E-state index is -0.333. The molecule has 0 saturated carbocycles. The average Bonchev–Trinajstić information content (AvgIpc) is 1.90. The lowest BCUT2D eigenvalue weighted by molar-refractivity contribution is -0.115. The maximum Gasteiger partial charge on any atom is 0.214 e. The summed E-state index contributed by atoms with van der Waals surface area (Å²) in [6.07, 6.45) is 10.0. The molecule has 0 saturated heterocycles. The van der Waals surface area contributed by atoms with Gasteiger partial charge in [-0.1, -0.05) is 12.2 Å². The minimum Gasteiger partial charge on any atom is -0.370 e. The van der Waals surface area contributed by atoms with Gasteiger partial charge in [-0.2, -0.15) is 0 Å². The number of hydrogen-bond donors (Lipinski definition) is 1. The van der Waals surface area contributed by atoms with Gasteiger partial charge in [0.15, 0.2) is 0 Å². The molecular weight excluding hydrogens is 126 g/mol. The molecule has 0 aromatic rings. The fourth-order valence-corrected chi connectivity index (χ4v) is 0.760. The first-order chi connectivity index (χ1) is 4.73. The van der Waals surface area contributed by atoms with Gasteiger partial charge in [-0.25, -0.2) is 0 Å². The number of allylic oxidation sites excluding steroid dienone is 2. The molecule has 0 bridgehead atoms. The molecule has 0 spiro atoms. The molecule has 0 atom stereocenters. The molecule has 2 nitrogen and oxygen atoms in total. The van der Waals surface area contributed by atoms with Crippen LogP contribution in [0.25, 0.3) is 0 Å². The molecule has 2 heteroatoms. The molecule has 0 aromatic carbocycles. The molecule has 58 valence electrons. The lowest BCUT2D eigenvalue weighted by Gasteiger charge is -1.97. The van der Waals surface area contributed by atoms with Crippen molar-refractivity contribution in [3.8, 4) is 0 Å². The molecule has 0 aromatic heterocycles. The minimum absolute atomic E-state index is 0.333. The molecule has 10 heavy (non-hydrogen) atoms. The summed E-state index contributed by atoms with van der Waals surface area (Å²) in [5.41, 5.74) is 4.47.